The molecule has 1 heterocycles. The fourth-order valence-electron chi connectivity index (χ4n) is 2.84. The number of carbonyl (C=O) groups is 1. The van der Waals surface area contributed by atoms with Gasteiger partial charge >= 0.3 is 5.97 Å². The first-order chi connectivity index (χ1) is 8.60. The van der Waals surface area contributed by atoms with Crippen LogP contribution in [-0.2, 0) is 12.8 Å². The van der Waals surface area contributed by atoms with Gasteiger partial charge in [-0.15, -0.1) is 0 Å². The largest absolute Gasteiger partial charge is 0.478 e. The Balaban J connectivity index is 2.50. The molecule has 0 aromatic carbocycles. The number of aryl methyl sites for hydroxylation is 1. The number of carboxylic acid groups (broad SMARTS) is 1. The molecule has 0 saturated heterocycles. The van der Waals surface area contributed by atoms with E-state index in [-0.39, 0.29) is 6.04 Å². The van der Waals surface area contributed by atoms with Gasteiger partial charge in [0.1, 0.15) is 5.56 Å². The van der Waals surface area contributed by atoms with Crippen LogP contribution in [0.15, 0.2) is 0 Å². The van der Waals surface area contributed by atoms with Crippen LogP contribution in [0.3, 0.4) is 0 Å². The molecule has 5 nitrogen and oxygen atoms in total. The monoisotopic (exact) mass is 252 g/mol. The quantitative estimate of drug-likeness (QED) is 0.856. The number of aromatic nitrogens is 2. The van der Waals surface area contributed by atoms with E-state index in [1.807, 2.05) is 13.8 Å². The summed E-state index contributed by atoms with van der Waals surface area (Å²) in [5, 5.41) is 23.7. The van der Waals surface area contributed by atoms with E-state index in [0.717, 1.165) is 25.0 Å². The molecule has 100 valence electrons. The summed E-state index contributed by atoms with van der Waals surface area (Å²) >= 11 is 0. The Hall–Kier alpha value is -1.36. The highest BCUT2D eigenvalue weighted by atomic mass is 16.4. The van der Waals surface area contributed by atoms with Gasteiger partial charge in [-0.2, -0.15) is 5.10 Å². The third kappa shape index (κ3) is 2.03. The maximum absolute atomic E-state index is 11.4. The fourth-order valence-corrected chi connectivity index (χ4v) is 2.84. The molecule has 2 unspecified atom stereocenters. The van der Waals surface area contributed by atoms with E-state index in [9.17, 15) is 15.0 Å². The Bertz CT molecular complexity index is 453. The first kappa shape index (κ1) is 13.1. The highest BCUT2D eigenvalue weighted by Crippen LogP contribution is 2.32. The van der Waals surface area contributed by atoms with Crippen LogP contribution in [-0.4, -0.2) is 32.1 Å². The number of nitrogens with zero attached hydrogens (tertiary/aromatic N) is 2. The van der Waals surface area contributed by atoms with Crippen molar-refractivity contribution in [3.8, 4) is 0 Å². The Labute approximate surface area is 106 Å². The Kier molecular flexibility index (Phi) is 3.71. The average molecular weight is 252 g/mol. The van der Waals surface area contributed by atoms with E-state index in [2.05, 4.69) is 5.10 Å². The van der Waals surface area contributed by atoms with Crippen LogP contribution in [0.5, 0.6) is 0 Å². The standard InChI is InChI=1S/C13H20N2O3/c1-3-8-12(13(17)18)9(4-2)15(14-8)10-6-5-7-11(10)16/h10-11,16H,3-7H2,1-2H3,(H,17,18). The summed E-state index contributed by atoms with van der Waals surface area (Å²) in [5.74, 6) is -0.914. The molecule has 1 aromatic rings. The van der Waals surface area contributed by atoms with Crippen molar-refractivity contribution in [3.05, 3.63) is 17.0 Å². The third-order valence-electron chi connectivity index (χ3n) is 3.72. The molecule has 0 aliphatic heterocycles. The molecule has 18 heavy (non-hydrogen) atoms. The van der Waals surface area contributed by atoms with Crippen molar-refractivity contribution in [2.45, 2.75) is 58.1 Å². The summed E-state index contributed by atoms with van der Waals surface area (Å²) in [5.41, 5.74) is 1.70. The molecule has 0 bridgehead atoms. The second-order valence-corrected chi connectivity index (χ2v) is 4.79. The minimum Gasteiger partial charge on any atom is -0.478 e. The Morgan fingerprint density at radius 2 is 2.11 bits per heavy atom. The van der Waals surface area contributed by atoms with Gasteiger partial charge in [-0.3, -0.25) is 4.68 Å². The van der Waals surface area contributed by atoms with Crippen LogP contribution in [0.4, 0.5) is 0 Å². The van der Waals surface area contributed by atoms with Crippen LogP contribution >= 0.6 is 0 Å². The summed E-state index contributed by atoms with van der Waals surface area (Å²) in [6.07, 6.45) is 3.44. The lowest BCUT2D eigenvalue weighted by Crippen LogP contribution is -2.21. The van der Waals surface area contributed by atoms with E-state index in [4.69, 9.17) is 0 Å². The molecule has 5 heteroatoms. The smallest absolute Gasteiger partial charge is 0.339 e. The summed E-state index contributed by atoms with van der Waals surface area (Å²) in [7, 11) is 0. The van der Waals surface area contributed by atoms with E-state index in [0.29, 0.717) is 24.1 Å². The fraction of sp³-hybridized carbons (Fsp3) is 0.692. The van der Waals surface area contributed by atoms with Gasteiger partial charge in [-0.05, 0) is 32.1 Å². The summed E-state index contributed by atoms with van der Waals surface area (Å²) < 4.78 is 1.76. The van der Waals surface area contributed by atoms with Crippen LogP contribution in [0.2, 0.25) is 0 Å². The van der Waals surface area contributed by atoms with Crippen molar-refractivity contribution in [2.75, 3.05) is 0 Å². The maximum atomic E-state index is 11.4. The molecule has 0 amide bonds. The lowest BCUT2D eigenvalue weighted by molar-refractivity contribution is 0.0693. The Morgan fingerprint density at radius 1 is 1.39 bits per heavy atom. The highest BCUT2D eigenvalue weighted by molar-refractivity contribution is 5.90. The number of hydrogen-bond donors (Lipinski definition) is 2. The van der Waals surface area contributed by atoms with Crippen molar-refractivity contribution in [1.82, 2.24) is 9.78 Å². The lowest BCUT2D eigenvalue weighted by atomic mass is 10.1. The van der Waals surface area contributed by atoms with Gasteiger partial charge < -0.3 is 10.2 Å². The van der Waals surface area contributed by atoms with Gasteiger partial charge in [0.05, 0.1) is 23.5 Å². The van der Waals surface area contributed by atoms with Crippen molar-refractivity contribution < 1.29 is 15.0 Å². The number of aliphatic hydroxyl groups excluding tert-OH is 1. The molecule has 2 atom stereocenters. The van der Waals surface area contributed by atoms with Crippen LogP contribution in [0, 0.1) is 0 Å². The molecule has 0 radical (unpaired) electrons. The molecule has 1 aliphatic carbocycles. The predicted molar refractivity (Wildman–Crippen MR) is 66.8 cm³/mol. The SMILES string of the molecule is CCc1nn(C2CCCC2O)c(CC)c1C(=O)O. The molecular formula is C13H20N2O3. The number of aliphatic hydroxyl groups is 1. The van der Waals surface area contributed by atoms with Gasteiger partial charge in [-0.25, -0.2) is 4.79 Å². The highest BCUT2D eigenvalue weighted by Gasteiger charge is 2.32. The van der Waals surface area contributed by atoms with Gasteiger partial charge in [0.2, 0.25) is 0 Å². The van der Waals surface area contributed by atoms with E-state index >= 15 is 0 Å². The number of aromatic carboxylic acids is 1. The first-order valence-corrected chi connectivity index (χ1v) is 6.61. The van der Waals surface area contributed by atoms with Gasteiger partial charge in [-0.1, -0.05) is 13.8 Å². The minimum absolute atomic E-state index is 0.0571. The molecule has 2 rings (SSSR count). The third-order valence-corrected chi connectivity index (χ3v) is 3.72. The van der Waals surface area contributed by atoms with Crippen LogP contribution in [0.1, 0.15) is 60.9 Å². The maximum Gasteiger partial charge on any atom is 0.339 e. The summed E-state index contributed by atoms with van der Waals surface area (Å²) in [4.78, 5) is 11.4. The van der Waals surface area contributed by atoms with Gasteiger partial charge in [0.15, 0.2) is 0 Å². The molecule has 2 N–H and O–H groups in total. The van der Waals surface area contributed by atoms with Crippen molar-refractivity contribution in [2.24, 2.45) is 0 Å². The minimum atomic E-state index is -0.914. The molecule has 0 spiro atoms. The van der Waals surface area contributed by atoms with Crippen molar-refractivity contribution in [1.29, 1.82) is 0 Å². The number of carboxylic acids is 1. The lowest BCUT2D eigenvalue weighted by Gasteiger charge is -2.17. The molecule has 1 saturated carbocycles. The van der Waals surface area contributed by atoms with Gasteiger partial charge in [0, 0.05) is 0 Å². The topological polar surface area (TPSA) is 75.3 Å². The zero-order chi connectivity index (χ0) is 13.3. The molecule has 1 aliphatic rings. The second-order valence-electron chi connectivity index (χ2n) is 4.79. The van der Waals surface area contributed by atoms with E-state index in [1.165, 1.54) is 0 Å². The number of rotatable bonds is 4. The van der Waals surface area contributed by atoms with Gasteiger partial charge in [0.25, 0.3) is 0 Å². The first-order valence-electron chi connectivity index (χ1n) is 6.61. The molecule has 1 aromatic heterocycles. The zero-order valence-electron chi connectivity index (χ0n) is 10.9. The number of hydrogen-bond acceptors (Lipinski definition) is 3. The normalized spacial score (nSPS) is 23.5. The van der Waals surface area contributed by atoms with Crippen molar-refractivity contribution in [3.63, 3.8) is 0 Å². The predicted octanol–water partition coefficient (Wildman–Crippen LogP) is 1.79. The Morgan fingerprint density at radius 3 is 2.56 bits per heavy atom. The van der Waals surface area contributed by atoms with Crippen LogP contribution < -0.4 is 0 Å². The summed E-state index contributed by atoms with van der Waals surface area (Å²) in [6.45, 7) is 3.84. The van der Waals surface area contributed by atoms with Crippen LogP contribution in [0.25, 0.3) is 0 Å². The van der Waals surface area contributed by atoms with Crippen molar-refractivity contribution >= 4 is 5.97 Å². The molecule has 1 fully saturated rings. The van der Waals surface area contributed by atoms with E-state index in [1.54, 1.807) is 4.68 Å². The summed E-state index contributed by atoms with van der Waals surface area (Å²) in [6, 6.07) is -0.0571. The molecular weight excluding hydrogens is 232 g/mol. The second kappa shape index (κ2) is 5.10. The average Bonchev–Trinajstić information content (AvgIpc) is 2.91. The van der Waals surface area contributed by atoms with E-state index < -0.39 is 12.1 Å². The zero-order valence-corrected chi connectivity index (χ0v) is 10.9.